The minimum atomic E-state index is -0.161. The normalized spacial score (nSPS) is 10.2. The van der Waals surface area contributed by atoms with E-state index < -0.39 is 0 Å². The van der Waals surface area contributed by atoms with E-state index in [-0.39, 0.29) is 18.3 Å². The molecule has 3 N–H and O–H groups in total. The zero-order valence-corrected chi connectivity index (χ0v) is 14.7. The second-order valence-corrected chi connectivity index (χ2v) is 5.70. The largest absolute Gasteiger partial charge is 0.377 e. The molecule has 2 aromatic rings. The van der Waals surface area contributed by atoms with Crippen LogP contribution in [0.5, 0.6) is 0 Å². The number of carbonyl (C=O) groups is 1. The van der Waals surface area contributed by atoms with Gasteiger partial charge in [-0.05, 0) is 24.6 Å². The molecule has 0 spiro atoms. The number of nitrogens with one attached hydrogen (secondary N) is 1. The molecule has 1 aromatic heterocycles. The van der Waals surface area contributed by atoms with E-state index in [1.807, 2.05) is 31.2 Å². The van der Waals surface area contributed by atoms with Gasteiger partial charge in [0.15, 0.2) is 0 Å². The highest BCUT2D eigenvalue weighted by molar-refractivity contribution is 7.09. The van der Waals surface area contributed by atoms with Crippen molar-refractivity contribution in [2.45, 2.75) is 26.5 Å². The van der Waals surface area contributed by atoms with E-state index in [1.165, 1.54) is 11.3 Å². The van der Waals surface area contributed by atoms with E-state index in [0.29, 0.717) is 38.4 Å². The third-order valence-corrected chi connectivity index (χ3v) is 4.07. The maximum Gasteiger partial charge on any atom is 0.271 e. The lowest BCUT2D eigenvalue weighted by Gasteiger charge is -2.10. The van der Waals surface area contributed by atoms with Crippen LogP contribution in [0.2, 0.25) is 0 Å². The van der Waals surface area contributed by atoms with Gasteiger partial charge in [0.1, 0.15) is 5.69 Å². The van der Waals surface area contributed by atoms with Crippen LogP contribution in [0, 0.1) is 0 Å². The summed E-state index contributed by atoms with van der Waals surface area (Å²) in [5.74, 6) is -0.161. The molecule has 0 atom stereocenters. The number of amides is 1. The van der Waals surface area contributed by atoms with Crippen molar-refractivity contribution in [1.29, 1.82) is 0 Å². The van der Waals surface area contributed by atoms with E-state index in [0.717, 1.165) is 16.1 Å². The quantitative estimate of drug-likeness (QED) is 0.762. The zero-order valence-electron chi connectivity index (χ0n) is 13.1. The van der Waals surface area contributed by atoms with Gasteiger partial charge in [0.05, 0.1) is 11.6 Å². The number of nitrogens with two attached hydrogens (primary N) is 1. The van der Waals surface area contributed by atoms with Crippen molar-refractivity contribution in [3.63, 3.8) is 0 Å². The van der Waals surface area contributed by atoms with Crippen LogP contribution in [-0.4, -0.2) is 24.0 Å². The summed E-state index contributed by atoms with van der Waals surface area (Å²) < 4.78 is 5.45. The summed E-state index contributed by atoms with van der Waals surface area (Å²) in [4.78, 5) is 16.4. The smallest absolute Gasteiger partial charge is 0.271 e. The Kier molecular flexibility index (Phi) is 8.79. The van der Waals surface area contributed by atoms with Crippen molar-refractivity contribution in [1.82, 2.24) is 10.3 Å². The minimum Gasteiger partial charge on any atom is -0.377 e. The summed E-state index contributed by atoms with van der Waals surface area (Å²) in [6.07, 6.45) is 0.704. The summed E-state index contributed by atoms with van der Waals surface area (Å²) in [6.45, 7) is 4.19. The monoisotopic (exact) mass is 355 g/mol. The van der Waals surface area contributed by atoms with Gasteiger partial charge in [-0.15, -0.1) is 23.7 Å². The Morgan fingerprint density at radius 2 is 2.09 bits per heavy atom. The molecule has 0 saturated heterocycles. The van der Waals surface area contributed by atoms with Crippen molar-refractivity contribution in [2.24, 2.45) is 5.73 Å². The number of carbonyl (C=O) groups excluding carboxylic acids is 1. The minimum absolute atomic E-state index is 0. The van der Waals surface area contributed by atoms with Gasteiger partial charge in [-0.3, -0.25) is 4.79 Å². The molecule has 1 heterocycles. The highest BCUT2D eigenvalue weighted by Crippen LogP contribution is 2.12. The van der Waals surface area contributed by atoms with Crippen molar-refractivity contribution in [2.75, 3.05) is 13.2 Å². The lowest BCUT2D eigenvalue weighted by atomic mass is 10.1. The van der Waals surface area contributed by atoms with E-state index in [2.05, 4.69) is 10.3 Å². The van der Waals surface area contributed by atoms with Gasteiger partial charge in [-0.1, -0.05) is 24.3 Å². The van der Waals surface area contributed by atoms with Gasteiger partial charge in [0.25, 0.3) is 5.91 Å². The summed E-state index contributed by atoms with van der Waals surface area (Å²) in [5.41, 5.74) is 8.09. The Hall–Kier alpha value is -1.47. The van der Waals surface area contributed by atoms with Gasteiger partial charge < -0.3 is 15.8 Å². The Morgan fingerprint density at radius 1 is 1.35 bits per heavy atom. The predicted octanol–water partition coefficient (Wildman–Crippen LogP) is 2.53. The average molecular weight is 356 g/mol. The summed E-state index contributed by atoms with van der Waals surface area (Å²) >= 11 is 1.47. The molecule has 2 rings (SSSR count). The third-order valence-electron chi connectivity index (χ3n) is 3.16. The highest BCUT2D eigenvalue weighted by Gasteiger charge is 2.11. The fourth-order valence-corrected chi connectivity index (χ4v) is 2.80. The lowest BCUT2D eigenvalue weighted by molar-refractivity contribution is 0.0945. The number of thiazole rings is 1. The second kappa shape index (κ2) is 10.3. The molecule has 0 aliphatic carbocycles. The van der Waals surface area contributed by atoms with Gasteiger partial charge in [-0.2, -0.15) is 0 Å². The molecule has 7 heteroatoms. The van der Waals surface area contributed by atoms with Gasteiger partial charge in [0, 0.05) is 25.0 Å². The van der Waals surface area contributed by atoms with Crippen LogP contribution in [0.15, 0.2) is 29.6 Å². The average Bonchev–Trinajstić information content (AvgIpc) is 3.00. The van der Waals surface area contributed by atoms with Gasteiger partial charge >= 0.3 is 0 Å². The predicted molar refractivity (Wildman–Crippen MR) is 95.1 cm³/mol. The molecule has 0 aliphatic rings. The number of rotatable bonds is 8. The summed E-state index contributed by atoms with van der Waals surface area (Å²) in [5, 5.41) is 5.57. The molecule has 0 radical (unpaired) electrons. The van der Waals surface area contributed by atoms with Gasteiger partial charge in [-0.25, -0.2) is 4.98 Å². The van der Waals surface area contributed by atoms with Crippen molar-refractivity contribution < 1.29 is 9.53 Å². The van der Waals surface area contributed by atoms with Crippen molar-refractivity contribution >= 4 is 29.7 Å². The van der Waals surface area contributed by atoms with E-state index >= 15 is 0 Å². The molecule has 0 aliphatic heterocycles. The molecular formula is C16H22ClN3O2S. The SMILES string of the molecule is CCOCc1ccccc1CNC(=O)c1csc(CCN)n1.Cl. The number of benzene rings is 1. The maximum absolute atomic E-state index is 12.1. The first-order chi connectivity index (χ1) is 10.7. The fraction of sp³-hybridized carbons (Fsp3) is 0.375. The number of halogens is 1. The molecule has 1 amide bonds. The molecule has 126 valence electrons. The van der Waals surface area contributed by atoms with Crippen molar-refractivity contribution in [3.8, 4) is 0 Å². The first-order valence-corrected chi connectivity index (χ1v) is 8.19. The molecule has 0 unspecified atom stereocenters. The first kappa shape index (κ1) is 19.6. The summed E-state index contributed by atoms with van der Waals surface area (Å²) in [7, 11) is 0. The number of nitrogens with zero attached hydrogens (tertiary/aromatic N) is 1. The lowest BCUT2D eigenvalue weighted by Crippen LogP contribution is -2.24. The van der Waals surface area contributed by atoms with Crippen molar-refractivity contribution in [3.05, 3.63) is 51.5 Å². The van der Waals surface area contributed by atoms with Crippen LogP contribution in [0.1, 0.15) is 33.5 Å². The van der Waals surface area contributed by atoms with E-state index in [4.69, 9.17) is 10.5 Å². The standard InChI is InChI=1S/C16H21N3O2S.ClH/c1-2-21-10-13-6-4-3-5-12(13)9-18-16(20)14-11-22-15(19-14)7-8-17;/h3-6,11H,2,7-10,17H2,1H3,(H,18,20);1H. The molecule has 0 fully saturated rings. The maximum atomic E-state index is 12.1. The molecule has 23 heavy (non-hydrogen) atoms. The van der Waals surface area contributed by atoms with Crippen LogP contribution in [0.4, 0.5) is 0 Å². The first-order valence-electron chi connectivity index (χ1n) is 7.31. The second-order valence-electron chi connectivity index (χ2n) is 4.75. The molecular weight excluding hydrogens is 334 g/mol. The van der Waals surface area contributed by atoms with Crippen LogP contribution in [0.3, 0.4) is 0 Å². The zero-order chi connectivity index (χ0) is 15.8. The van der Waals surface area contributed by atoms with Crippen LogP contribution in [-0.2, 0) is 24.3 Å². The number of hydrogen-bond acceptors (Lipinski definition) is 5. The Bertz CT molecular complexity index is 619. The fourth-order valence-electron chi connectivity index (χ4n) is 2.00. The van der Waals surface area contributed by atoms with Gasteiger partial charge in [0.2, 0.25) is 0 Å². The Morgan fingerprint density at radius 3 is 2.78 bits per heavy atom. The topological polar surface area (TPSA) is 77.2 Å². The molecule has 0 bridgehead atoms. The van der Waals surface area contributed by atoms with Crippen LogP contribution < -0.4 is 11.1 Å². The number of aromatic nitrogens is 1. The highest BCUT2D eigenvalue weighted by atomic mass is 35.5. The Balaban J connectivity index is 0.00000264. The van der Waals surface area contributed by atoms with Crippen LogP contribution >= 0.6 is 23.7 Å². The molecule has 0 saturated carbocycles. The number of ether oxygens (including phenoxy) is 1. The number of hydrogen-bond donors (Lipinski definition) is 2. The Labute approximate surface area is 146 Å². The van der Waals surface area contributed by atoms with E-state index in [1.54, 1.807) is 5.38 Å². The summed E-state index contributed by atoms with van der Waals surface area (Å²) in [6, 6.07) is 7.94. The molecule has 1 aromatic carbocycles. The van der Waals surface area contributed by atoms with E-state index in [9.17, 15) is 4.79 Å². The molecule has 5 nitrogen and oxygen atoms in total. The van der Waals surface area contributed by atoms with Crippen LogP contribution in [0.25, 0.3) is 0 Å². The third kappa shape index (κ3) is 5.91.